The molecule has 1 amide bonds. The van der Waals surface area contributed by atoms with Gasteiger partial charge in [0.15, 0.2) is 0 Å². The van der Waals surface area contributed by atoms with Gasteiger partial charge in [-0.1, -0.05) is 36.4 Å². The van der Waals surface area contributed by atoms with E-state index in [2.05, 4.69) is 4.72 Å². The van der Waals surface area contributed by atoms with E-state index in [-0.39, 0.29) is 40.7 Å². The van der Waals surface area contributed by atoms with Crippen molar-refractivity contribution in [3.05, 3.63) is 89.2 Å². The zero-order chi connectivity index (χ0) is 28.7. The van der Waals surface area contributed by atoms with E-state index in [9.17, 15) is 22.4 Å². The molecule has 1 N–H and O–H groups in total. The molecule has 0 aromatic heterocycles. The van der Waals surface area contributed by atoms with Gasteiger partial charge in [0, 0.05) is 25.2 Å². The number of methoxy groups -OCH3 is 1. The second kappa shape index (κ2) is 13.0. The SMILES string of the molecule is CCOC(=O)C1CCN(C(=O)Cc2ccc(NS(=O)(=O)c3cccc(Cc4cccc(F)c4)c3OC)cc2)CC1. The van der Waals surface area contributed by atoms with Gasteiger partial charge >= 0.3 is 5.97 Å². The van der Waals surface area contributed by atoms with E-state index in [0.29, 0.717) is 55.8 Å². The molecular weight excluding hydrogens is 535 g/mol. The van der Waals surface area contributed by atoms with Crippen LogP contribution in [0.4, 0.5) is 10.1 Å². The standard InChI is InChI=1S/C30H33FN2O6S/c1-3-39-30(35)23-14-16-33(17-15-23)28(34)20-21-10-12-26(13-11-21)32-40(36,37)27-9-5-7-24(29(27)38-2)18-22-6-4-8-25(31)19-22/h4-13,19,23,32H,3,14-18,20H2,1-2H3. The second-order valence-corrected chi connectivity index (χ2v) is 11.3. The van der Waals surface area contributed by atoms with Crippen LogP contribution in [0.5, 0.6) is 5.75 Å². The van der Waals surface area contributed by atoms with Crippen molar-refractivity contribution in [2.45, 2.75) is 37.5 Å². The van der Waals surface area contributed by atoms with Gasteiger partial charge in [0.1, 0.15) is 16.5 Å². The number of halogens is 1. The monoisotopic (exact) mass is 568 g/mol. The fraction of sp³-hybridized carbons (Fsp3) is 0.333. The van der Waals surface area contributed by atoms with Crippen LogP contribution >= 0.6 is 0 Å². The Labute approximate surface area is 234 Å². The van der Waals surface area contributed by atoms with Gasteiger partial charge in [-0.15, -0.1) is 0 Å². The number of hydrogen-bond acceptors (Lipinski definition) is 6. The first kappa shape index (κ1) is 29.1. The number of amides is 1. The first-order valence-electron chi connectivity index (χ1n) is 13.2. The maximum Gasteiger partial charge on any atom is 0.309 e. The summed E-state index contributed by atoms with van der Waals surface area (Å²) in [5, 5.41) is 0. The molecule has 1 aliphatic rings. The average molecular weight is 569 g/mol. The number of sulfonamides is 1. The minimum Gasteiger partial charge on any atom is -0.495 e. The third-order valence-corrected chi connectivity index (χ3v) is 8.27. The van der Waals surface area contributed by atoms with Crippen LogP contribution in [0.25, 0.3) is 0 Å². The van der Waals surface area contributed by atoms with Crippen LogP contribution in [0.2, 0.25) is 0 Å². The first-order chi connectivity index (χ1) is 19.2. The fourth-order valence-corrected chi connectivity index (χ4v) is 6.10. The minimum atomic E-state index is -4.01. The van der Waals surface area contributed by atoms with E-state index in [1.54, 1.807) is 60.4 Å². The van der Waals surface area contributed by atoms with Gasteiger partial charge < -0.3 is 14.4 Å². The number of nitrogens with one attached hydrogen (secondary N) is 1. The summed E-state index contributed by atoms with van der Waals surface area (Å²) in [5.41, 5.74) is 2.38. The Kier molecular flexibility index (Phi) is 9.42. The molecule has 0 unspecified atom stereocenters. The van der Waals surface area contributed by atoms with Crippen molar-refractivity contribution in [3.63, 3.8) is 0 Å². The summed E-state index contributed by atoms with van der Waals surface area (Å²) in [5.74, 6) is -0.602. The molecule has 0 aliphatic carbocycles. The van der Waals surface area contributed by atoms with Crippen molar-refractivity contribution >= 4 is 27.6 Å². The molecule has 10 heteroatoms. The number of carbonyl (C=O) groups is 2. The van der Waals surface area contributed by atoms with Crippen LogP contribution in [0.3, 0.4) is 0 Å². The maximum atomic E-state index is 13.6. The summed E-state index contributed by atoms with van der Waals surface area (Å²) >= 11 is 0. The summed E-state index contributed by atoms with van der Waals surface area (Å²) in [6.07, 6.45) is 1.64. The van der Waals surface area contributed by atoms with E-state index >= 15 is 0 Å². The summed E-state index contributed by atoms with van der Waals surface area (Å²) in [7, 11) is -2.61. The second-order valence-electron chi connectivity index (χ2n) is 9.64. The molecule has 0 saturated carbocycles. The molecule has 0 bridgehead atoms. The summed E-state index contributed by atoms with van der Waals surface area (Å²) in [4.78, 5) is 26.4. The predicted octanol–water partition coefficient (Wildman–Crippen LogP) is 4.57. The zero-order valence-electron chi connectivity index (χ0n) is 22.6. The highest BCUT2D eigenvalue weighted by Gasteiger charge is 2.28. The van der Waals surface area contributed by atoms with Crippen molar-refractivity contribution in [2.24, 2.45) is 5.92 Å². The molecule has 212 valence electrons. The lowest BCUT2D eigenvalue weighted by molar-refractivity contribution is -0.151. The van der Waals surface area contributed by atoms with Gasteiger partial charge in [-0.25, -0.2) is 12.8 Å². The first-order valence-corrected chi connectivity index (χ1v) is 14.6. The topological polar surface area (TPSA) is 102 Å². The van der Waals surface area contributed by atoms with Crippen molar-refractivity contribution in [2.75, 3.05) is 31.5 Å². The average Bonchev–Trinajstić information content (AvgIpc) is 2.94. The van der Waals surface area contributed by atoms with E-state index in [4.69, 9.17) is 9.47 Å². The number of esters is 1. The molecule has 0 spiro atoms. The van der Waals surface area contributed by atoms with E-state index < -0.39 is 10.0 Å². The molecule has 3 aromatic carbocycles. The smallest absolute Gasteiger partial charge is 0.309 e. The van der Waals surface area contributed by atoms with Crippen molar-refractivity contribution in [1.29, 1.82) is 0 Å². The van der Waals surface area contributed by atoms with Crippen LogP contribution in [0.1, 0.15) is 36.5 Å². The minimum absolute atomic E-state index is 0.0330. The van der Waals surface area contributed by atoms with E-state index in [0.717, 1.165) is 5.56 Å². The summed E-state index contributed by atoms with van der Waals surface area (Å²) in [6.45, 7) is 3.12. The van der Waals surface area contributed by atoms with Crippen molar-refractivity contribution in [1.82, 2.24) is 4.90 Å². The highest BCUT2D eigenvalue weighted by atomic mass is 32.2. The largest absolute Gasteiger partial charge is 0.495 e. The number of ether oxygens (including phenoxy) is 2. The number of likely N-dealkylation sites (tertiary alicyclic amines) is 1. The molecule has 1 aliphatic heterocycles. The van der Waals surface area contributed by atoms with E-state index in [1.165, 1.54) is 25.3 Å². The summed E-state index contributed by atoms with van der Waals surface area (Å²) < 4.78 is 53.3. The number of piperidine rings is 1. The highest BCUT2D eigenvalue weighted by molar-refractivity contribution is 7.92. The molecule has 8 nitrogen and oxygen atoms in total. The molecule has 1 saturated heterocycles. The molecule has 0 atom stereocenters. The Balaban J connectivity index is 1.40. The number of benzene rings is 3. The van der Waals surface area contributed by atoms with Crippen LogP contribution < -0.4 is 9.46 Å². The number of anilines is 1. The normalized spacial score (nSPS) is 14.0. The molecule has 4 rings (SSSR count). The summed E-state index contributed by atoms with van der Waals surface area (Å²) in [6, 6.07) is 17.6. The van der Waals surface area contributed by atoms with E-state index in [1.807, 2.05) is 0 Å². The predicted molar refractivity (Wildman–Crippen MR) is 149 cm³/mol. The van der Waals surface area contributed by atoms with Gasteiger partial charge in [-0.3, -0.25) is 14.3 Å². The molecule has 1 fully saturated rings. The van der Waals surface area contributed by atoms with Gasteiger partial charge in [0.25, 0.3) is 10.0 Å². The molecule has 1 heterocycles. The molecule has 3 aromatic rings. The van der Waals surface area contributed by atoms with Gasteiger partial charge in [0.2, 0.25) is 5.91 Å². The third-order valence-electron chi connectivity index (χ3n) is 6.87. The zero-order valence-corrected chi connectivity index (χ0v) is 23.4. The van der Waals surface area contributed by atoms with Crippen LogP contribution in [-0.4, -0.2) is 52.0 Å². The number of nitrogens with zero attached hydrogens (tertiary/aromatic N) is 1. The van der Waals surface area contributed by atoms with Gasteiger partial charge in [-0.2, -0.15) is 0 Å². The Morgan fingerprint density at radius 1 is 1.00 bits per heavy atom. The number of carbonyl (C=O) groups excluding carboxylic acids is 2. The fourth-order valence-electron chi connectivity index (χ4n) is 4.82. The van der Waals surface area contributed by atoms with Crippen molar-refractivity contribution < 1.29 is 31.9 Å². The number of para-hydroxylation sites is 1. The Morgan fingerprint density at radius 3 is 2.35 bits per heavy atom. The van der Waals surface area contributed by atoms with Gasteiger partial charge in [-0.05, 0) is 66.8 Å². The molecule has 0 radical (unpaired) electrons. The van der Waals surface area contributed by atoms with Crippen LogP contribution in [-0.2, 0) is 37.2 Å². The third kappa shape index (κ3) is 7.18. The lowest BCUT2D eigenvalue weighted by Crippen LogP contribution is -2.41. The van der Waals surface area contributed by atoms with Crippen LogP contribution in [0.15, 0.2) is 71.6 Å². The van der Waals surface area contributed by atoms with Crippen LogP contribution in [0, 0.1) is 11.7 Å². The Bertz CT molecular complexity index is 1450. The Morgan fingerprint density at radius 2 is 1.70 bits per heavy atom. The lowest BCUT2D eigenvalue weighted by atomic mass is 9.96. The number of rotatable bonds is 10. The quantitative estimate of drug-likeness (QED) is 0.360. The lowest BCUT2D eigenvalue weighted by Gasteiger charge is -2.31. The van der Waals surface area contributed by atoms with Crippen molar-refractivity contribution in [3.8, 4) is 5.75 Å². The maximum absolute atomic E-state index is 13.6. The molecular formula is C30H33FN2O6S. The number of hydrogen-bond donors (Lipinski definition) is 1. The highest BCUT2D eigenvalue weighted by Crippen LogP contribution is 2.31. The Hall–Kier alpha value is -3.92. The molecule has 40 heavy (non-hydrogen) atoms. The van der Waals surface area contributed by atoms with Gasteiger partial charge in [0.05, 0.1) is 26.1 Å².